The monoisotopic (exact) mass is 485 g/mol. The van der Waals surface area contributed by atoms with E-state index in [1.54, 1.807) is 11.3 Å². The van der Waals surface area contributed by atoms with Crippen molar-refractivity contribution >= 4 is 56.9 Å². The molecule has 0 aliphatic rings. The molecule has 4 N–H and O–H groups in total. The second kappa shape index (κ2) is 12.7. The highest BCUT2D eigenvalue weighted by atomic mass is 32.2. The molecule has 1 aromatic heterocycles. The predicted molar refractivity (Wildman–Crippen MR) is 146 cm³/mol. The van der Waals surface area contributed by atoms with E-state index >= 15 is 0 Å². The van der Waals surface area contributed by atoms with E-state index in [1.165, 1.54) is 28.3 Å². The van der Waals surface area contributed by atoms with Crippen molar-refractivity contribution in [3.63, 3.8) is 0 Å². The summed E-state index contributed by atoms with van der Waals surface area (Å²) >= 11 is 3.54. The maximum Gasteiger partial charge on any atom is 0.221 e. The summed E-state index contributed by atoms with van der Waals surface area (Å²) in [7, 11) is 0. The van der Waals surface area contributed by atoms with Crippen LogP contribution in [0.2, 0.25) is 0 Å². The van der Waals surface area contributed by atoms with E-state index in [0.717, 1.165) is 47.0 Å². The van der Waals surface area contributed by atoms with Gasteiger partial charge in [-0.15, -0.1) is 11.3 Å². The number of carbonyl (C=O) groups excluding carboxylic acids is 2. The van der Waals surface area contributed by atoms with E-state index in [1.807, 2.05) is 42.1 Å². The van der Waals surface area contributed by atoms with E-state index in [9.17, 15) is 9.59 Å². The van der Waals surface area contributed by atoms with Gasteiger partial charge in [0.1, 0.15) is 0 Å². The Balaban J connectivity index is 0.000000237. The lowest BCUT2D eigenvalue weighted by Gasteiger charge is -2.15. The molecule has 0 fully saturated rings. The number of anilines is 2. The largest absolute Gasteiger partial charge is 0.390 e. The third-order valence-electron chi connectivity index (χ3n) is 5.02. The average molecular weight is 486 g/mol. The van der Waals surface area contributed by atoms with Crippen LogP contribution in [0.3, 0.4) is 0 Å². The molecule has 0 saturated heterocycles. The Hall–Kier alpha value is -2.51. The Morgan fingerprint density at radius 2 is 1.82 bits per heavy atom. The molecule has 3 rings (SSSR count). The standard InChI is InChI=1S/C13H22N2OS2.C13H13NO/c1-13(2,3)11-8-10(12(14)18-11)4-6-17-7-5-15-9-16;1-9-7-8-13(14-10(2)15)12-6-4-3-5-11(9)12/h8-9H,4-7,14H2,1-3H3,(H,15,16);3-8H,1-2H3,(H,14,15). The van der Waals surface area contributed by atoms with Crippen LogP contribution in [-0.4, -0.2) is 30.4 Å². The topological polar surface area (TPSA) is 84.2 Å². The van der Waals surface area contributed by atoms with Gasteiger partial charge >= 0.3 is 0 Å². The molecular formula is C26H35N3O2S2. The van der Waals surface area contributed by atoms with Gasteiger partial charge in [0.2, 0.25) is 12.3 Å². The molecule has 0 atom stereocenters. The van der Waals surface area contributed by atoms with Crippen LogP contribution in [0.15, 0.2) is 42.5 Å². The van der Waals surface area contributed by atoms with Gasteiger partial charge in [0, 0.05) is 35.2 Å². The number of hydrogen-bond donors (Lipinski definition) is 3. The molecule has 2 aromatic carbocycles. The summed E-state index contributed by atoms with van der Waals surface area (Å²) in [6, 6.07) is 14.3. The number of hydrogen-bond acceptors (Lipinski definition) is 5. The summed E-state index contributed by atoms with van der Waals surface area (Å²) in [5.74, 6) is 1.96. The summed E-state index contributed by atoms with van der Waals surface area (Å²) in [6.45, 7) is 11.0. The molecule has 178 valence electrons. The van der Waals surface area contributed by atoms with E-state index in [-0.39, 0.29) is 11.3 Å². The van der Waals surface area contributed by atoms with Gasteiger partial charge in [-0.3, -0.25) is 9.59 Å². The van der Waals surface area contributed by atoms with Gasteiger partial charge in [-0.2, -0.15) is 11.8 Å². The Kier molecular flexibility index (Phi) is 10.3. The van der Waals surface area contributed by atoms with Crippen LogP contribution in [0.4, 0.5) is 10.7 Å². The molecular weight excluding hydrogens is 450 g/mol. The van der Waals surface area contributed by atoms with Crippen LogP contribution in [-0.2, 0) is 21.4 Å². The maximum atomic E-state index is 11.0. The van der Waals surface area contributed by atoms with E-state index in [4.69, 9.17) is 5.73 Å². The average Bonchev–Trinajstić information content (AvgIpc) is 3.14. The second-order valence-corrected chi connectivity index (χ2v) is 11.1. The van der Waals surface area contributed by atoms with Crippen LogP contribution in [0.1, 0.15) is 43.7 Å². The smallest absolute Gasteiger partial charge is 0.221 e. The first kappa shape index (κ1) is 26.7. The SMILES string of the molecule is CC(=O)Nc1ccc(C)c2ccccc12.CC(C)(C)c1cc(CCSCCNC=O)c(N)s1. The third kappa shape index (κ3) is 8.41. The summed E-state index contributed by atoms with van der Waals surface area (Å²) in [5.41, 5.74) is 9.59. The Morgan fingerprint density at radius 3 is 2.42 bits per heavy atom. The molecule has 33 heavy (non-hydrogen) atoms. The minimum absolute atomic E-state index is 0.0380. The van der Waals surface area contributed by atoms with E-state index < -0.39 is 0 Å². The fourth-order valence-electron chi connectivity index (χ4n) is 3.23. The lowest BCUT2D eigenvalue weighted by molar-refractivity contribution is -0.114. The van der Waals surface area contributed by atoms with E-state index in [0.29, 0.717) is 0 Å². The zero-order valence-electron chi connectivity index (χ0n) is 20.2. The molecule has 0 aliphatic heterocycles. The van der Waals surface area contributed by atoms with Gasteiger partial charge in [0.15, 0.2) is 0 Å². The number of nitrogens with one attached hydrogen (secondary N) is 2. The van der Waals surface area contributed by atoms with Crippen LogP contribution < -0.4 is 16.4 Å². The van der Waals surface area contributed by atoms with Gasteiger partial charge < -0.3 is 16.4 Å². The van der Waals surface area contributed by atoms with Gasteiger partial charge in [0.05, 0.1) is 5.00 Å². The minimum atomic E-state index is -0.0380. The first-order valence-electron chi connectivity index (χ1n) is 11.0. The second-order valence-electron chi connectivity index (χ2n) is 8.84. The van der Waals surface area contributed by atoms with Crippen LogP contribution >= 0.6 is 23.1 Å². The van der Waals surface area contributed by atoms with Gasteiger partial charge in [-0.1, -0.05) is 51.1 Å². The fraction of sp³-hybridized carbons (Fsp3) is 0.385. The highest BCUT2D eigenvalue weighted by molar-refractivity contribution is 7.99. The highest BCUT2D eigenvalue weighted by Gasteiger charge is 2.18. The molecule has 0 radical (unpaired) electrons. The number of amides is 2. The summed E-state index contributed by atoms with van der Waals surface area (Å²) in [6.07, 6.45) is 1.75. The van der Waals surface area contributed by atoms with Gasteiger partial charge in [-0.25, -0.2) is 0 Å². The normalized spacial score (nSPS) is 10.9. The number of benzene rings is 2. The van der Waals surface area contributed by atoms with Gasteiger partial charge in [-0.05, 0) is 53.2 Å². The zero-order valence-corrected chi connectivity index (χ0v) is 21.8. The highest BCUT2D eigenvalue weighted by Crippen LogP contribution is 2.34. The summed E-state index contributed by atoms with van der Waals surface area (Å²) < 4.78 is 0. The molecule has 0 spiro atoms. The number of nitrogens with two attached hydrogens (primary N) is 1. The molecule has 0 saturated carbocycles. The number of thiophene rings is 1. The number of carbonyl (C=O) groups is 2. The van der Waals surface area contributed by atoms with Crippen molar-refractivity contribution < 1.29 is 9.59 Å². The molecule has 0 aliphatic carbocycles. The number of nitrogen functional groups attached to an aromatic ring is 1. The Bertz CT molecular complexity index is 1070. The molecule has 0 bridgehead atoms. The van der Waals surface area contributed by atoms with Crippen LogP contribution in [0, 0.1) is 6.92 Å². The molecule has 1 heterocycles. The lowest BCUT2D eigenvalue weighted by Crippen LogP contribution is -2.14. The Labute approximate surface area is 205 Å². The summed E-state index contributed by atoms with van der Waals surface area (Å²) in [5, 5.41) is 8.72. The van der Waals surface area contributed by atoms with Gasteiger partial charge in [0.25, 0.3) is 0 Å². The van der Waals surface area contributed by atoms with Crippen LogP contribution in [0.5, 0.6) is 0 Å². The first-order chi connectivity index (χ1) is 15.6. The van der Waals surface area contributed by atoms with Crippen molar-refractivity contribution in [2.24, 2.45) is 0 Å². The number of aryl methyl sites for hydroxylation is 2. The van der Waals surface area contributed by atoms with Crippen LogP contribution in [0.25, 0.3) is 10.8 Å². The first-order valence-corrected chi connectivity index (χ1v) is 13.0. The fourth-order valence-corrected chi connectivity index (χ4v) is 5.10. The zero-order chi connectivity index (χ0) is 24.4. The van der Waals surface area contributed by atoms with Crippen molar-refractivity contribution in [3.8, 4) is 0 Å². The lowest BCUT2D eigenvalue weighted by atomic mass is 9.94. The van der Waals surface area contributed by atoms with Crippen molar-refractivity contribution in [2.75, 3.05) is 29.1 Å². The van der Waals surface area contributed by atoms with Crippen molar-refractivity contribution in [3.05, 3.63) is 58.5 Å². The maximum absolute atomic E-state index is 11.0. The molecule has 3 aromatic rings. The number of rotatable bonds is 8. The quantitative estimate of drug-likeness (QED) is 0.280. The van der Waals surface area contributed by atoms with Crippen molar-refractivity contribution in [1.29, 1.82) is 0 Å². The van der Waals surface area contributed by atoms with Crippen molar-refractivity contribution in [2.45, 2.75) is 46.5 Å². The number of thioether (sulfide) groups is 1. The minimum Gasteiger partial charge on any atom is -0.390 e. The molecule has 0 unspecified atom stereocenters. The predicted octanol–water partition coefficient (Wildman–Crippen LogP) is 5.76. The molecule has 2 amide bonds. The Morgan fingerprint density at radius 1 is 1.12 bits per heavy atom. The number of fused-ring (bicyclic) bond motifs is 1. The summed E-state index contributed by atoms with van der Waals surface area (Å²) in [4.78, 5) is 22.4. The molecule has 7 heteroatoms. The van der Waals surface area contributed by atoms with E-state index in [2.05, 4.69) is 50.5 Å². The molecule has 5 nitrogen and oxygen atoms in total. The third-order valence-corrected chi connectivity index (χ3v) is 7.44. The van der Waals surface area contributed by atoms with Crippen molar-refractivity contribution in [1.82, 2.24) is 5.32 Å².